The molecule has 1 aromatic heterocycles. The number of rotatable bonds is 2. The Morgan fingerprint density at radius 2 is 2.06 bits per heavy atom. The van der Waals surface area contributed by atoms with E-state index in [1.807, 2.05) is 19.1 Å². The van der Waals surface area contributed by atoms with Gasteiger partial charge in [0.05, 0.1) is 0 Å². The number of nitrogens with zero attached hydrogens (tertiary/aromatic N) is 1. The Morgan fingerprint density at radius 1 is 1.25 bits per heavy atom. The summed E-state index contributed by atoms with van der Waals surface area (Å²) in [5.74, 6) is 0.752. The number of aromatic nitrogens is 1. The first-order valence-corrected chi connectivity index (χ1v) is 5.69. The van der Waals surface area contributed by atoms with Crippen LogP contribution in [0.15, 0.2) is 41.0 Å². The summed E-state index contributed by atoms with van der Waals surface area (Å²) >= 11 is 3.46. The summed E-state index contributed by atoms with van der Waals surface area (Å²) in [6.07, 6.45) is 1.68. The van der Waals surface area contributed by atoms with Gasteiger partial charge in [-0.15, -0.1) is 0 Å². The molecule has 0 fully saturated rings. The van der Waals surface area contributed by atoms with Crippen LogP contribution in [0.1, 0.15) is 5.56 Å². The zero-order valence-electron chi connectivity index (χ0n) is 8.87. The zero-order valence-corrected chi connectivity index (χ0v) is 10.5. The second-order valence-corrected chi connectivity index (χ2v) is 4.42. The fourth-order valence-corrected chi connectivity index (χ4v) is 1.63. The number of anilines is 3. The van der Waals surface area contributed by atoms with Crippen molar-refractivity contribution < 1.29 is 0 Å². The molecule has 0 radical (unpaired) electrons. The van der Waals surface area contributed by atoms with Gasteiger partial charge in [-0.3, -0.25) is 0 Å². The Labute approximate surface area is 103 Å². The summed E-state index contributed by atoms with van der Waals surface area (Å²) in [6, 6.07) is 9.61. The quantitative estimate of drug-likeness (QED) is 0.884. The van der Waals surface area contributed by atoms with Crippen molar-refractivity contribution in [3.05, 3.63) is 46.6 Å². The summed E-state index contributed by atoms with van der Waals surface area (Å²) in [4.78, 5) is 4.18. The zero-order chi connectivity index (χ0) is 11.5. The molecule has 0 aliphatic heterocycles. The topological polar surface area (TPSA) is 50.9 Å². The molecule has 0 saturated carbocycles. The van der Waals surface area contributed by atoms with Crippen LogP contribution in [0.2, 0.25) is 0 Å². The van der Waals surface area contributed by atoms with Gasteiger partial charge in [0.1, 0.15) is 5.82 Å². The number of hydrogen-bond acceptors (Lipinski definition) is 3. The fraction of sp³-hybridized carbons (Fsp3) is 0.0833. The highest BCUT2D eigenvalue weighted by atomic mass is 79.9. The second kappa shape index (κ2) is 4.53. The molecule has 1 heterocycles. The van der Waals surface area contributed by atoms with Gasteiger partial charge < -0.3 is 11.1 Å². The van der Waals surface area contributed by atoms with Crippen LogP contribution in [-0.4, -0.2) is 4.98 Å². The van der Waals surface area contributed by atoms with E-state index in [0.717, 1.165) is 16.0 Å². The highest BCUT2D eigenvalue weighted by molar-refractivity contribution is 9.10. The maximum absolute atomic E-state index is 5.68. The molecule has 0 amide bonds. The molecule has 2 rings (SSSR count). The van der Waals surface area contributed by atoms with E-state index in [2.05, 4.69) is 32.3 Å². The number of nitrogens with one attached hydrogen (secondary N) is 1. The first-order chi connectivity index (χ1) is 7.65. The smallest absolute Gasteiger partial charge is 0.132 e. The van der Waals surface area contributed by atoms with Crippen LogP contribution >= 0.6 is 15.9 Å². The molecule has 1 aromatic carbocycles. The van der Waals surface area contributed by atoms with Gasteiger partial charge in [0.2, 0.25) is 0 Å². The molecule has 16 heavy (non-hydrogen) atoms. The van der Waals surface area contributed by atoms with E-state index in [9.17, 15) is 0 Å². The molecule has 0 saturated heterocycles. The number of hydrogen-bond donors (Lipinski definition) is 2. The van der Waals surface area contributed by atoms with Gasteiger partial charge in [0.15, 0.2) is 0 Å². The summed E-state index contributed by atoms with van der Waals surface area (Å²) in [7, 11) is 0. The molecular weight excluding hydrogens is 266 g/mol. The highest BCUT2D eigenvalue weighted by Gasteiger charge is 1.99. The third kappa shape index (κ3) is 2.52. The normalized spacial score (nSPS) is 10.1. The molecular formula is C12H12BrN3. The molecule has 4 heteroatoms. The summed E-state index contributed by atoms with van der Waals surface area (Å²) in [5, 5.41) is 3.20. The number of nitrogens with two attached hydrogens (primary N) is 1. The van der Waals surface area contributed by atoms with E-state index in [4.69, 9.17) is 5.73 Å². The van der Waals surface area contributed by atoms with Crippen molar-refractivity contribution in [2.45, 2.75) is 6.92 Å². The Morgan fingerprint density at radius 3 is 2.75 bits per heavy atom. The minimum atomic E-state index is 0.700. The molecule has 0 aliphatic carbocycles. The predicted molar refractivity (Wildman–Crippen MR) is 70.8 cm³/mol. The van der Waals surface area contributed by atoms with Gasteiger partial charge in [-0.25, -0.2) is 4.98 Å². The number of aryl methyl sites for hydroxylation is 1. The van der Waals surface area contributed by atoms with Crippen molar-refractivity contribution in [3.63, 3.8) is 0 Å². The molecule has 0 spiro atoms. The minimum Gasteiger partial charge on any atom is -0.399 e. The molecule has 0 aliphatic rings. The Kier molecular flexibility index (Phi) is 3.10. The lowest BCUT2D eigenvalue weighted by Gasteiger charge is -2.07. The van der Waals surface area contributed by atoms with Gasteiger partial charge in [0, 0.05) is 28.1 Å². The predicted octanol–water partition coefficient (Wildman–Crippen LogP) is 3.48. The molecule has 0 atom stereocenters. The Balaban J connectivity index is 2.24. The van der Waals surface area contributed by atoms with E-state index < -0.39 is 0 Å². The van der Waals surface area contributed by atoms with E-state index >= 15 is 0 Å². The molecule has 82 valence electrons. The third-order valence-electron chi connectivity index (χ3n) is 2.21. The largest absolute Gasteiger partial charge is 0.399 e. The van der Waals surface area contributed by atoms with E-state index in [1.54, 1.807) is 18.3 Å². The van der Waals surface area contributed by atoms with Crippen molar-refractivity contribution in [2.75, 3.05) is 11.1 Å². The lowest BCUT2D eigenvalue weighted by Crippen LogP contribution is -1.95. The minimum absolute atomic E-state index is 0.700. The molecule has 2 aromatic rings. The summed E-state index contributed by atoms with van der Waals surface area (Å²) in [6.45, 7) is 2.04. The molecule has 0 bridgehead atoms. The van der Waals surface area contributed by atoms with Crippen LogP contribution in [-0.2, 0) is 0 Å². The standard InChI is InChI=1S/C12H12BrN3/c1-8-6-10(2-3-11(8)13)16-12-7-9(14)4-5-15-12/h2-7H,1H3,(H3,14,15,16). The van der Waals surface area contributed by atoms with Crippen molar-refractivity contribution in [2.24, 2.45) is 0 Å². The van der Waals surface area contributed by atoms with Crippen LogP contribution in [0.3, 0.4) is 0 Å². The van der Waals surface area contributed by atoms with Gasteiger partial charge in [0.25, 0.3) is 0 Å². The SMILES string of the molecule is Cc1cc(Nc2cc(N)ccn2)ccc1Br. The number of pyridine rings is 1. The highest BCUT2D eigenvalue weighted by Crippen LogP contribution is 2.22. The third-order valence-corrected chi connectivity index (χ3v) is 3.10. The van der Waals surface area contributed by atoms with E-state index in [-0.39, 0.29) is 0 Å². The van der Waals surface area contributed by atoms with Crippen molar-refractivity contribution in [1.29, 1.82) is 0 Å². The summed E-state index contributed by atoms with van der Waals surface area (Å²) in [5.41, 5.74) is 8.55. The number of nitrogen functional groups attached to an aromatic ring is 1. The van der Waals surface area contributed by atoms with E-state index in [1.165, 1.54) is 5.56 Å². The molecule has 3 nitrogen and oxygen atoms in total. The number of halogens is 1. The second-order valence-electron chi connectivity index (χ2n) is 3.56. The average Bonchev–Trinajstić information content (AvgIpc) is 2.24. The van der Waals surface area contributed by atoms with Crippen LogP contribution in [0.25, 0.3) is 0 Å². The Hall–Kier alpha value is -1.55. The first-order valence-electron chi connectivity index (χ1n) is 4.90. The molecule has 3 N–H and O–H groups in total. The lowest BCUT2D eigenvalue weighted by atomic mass is 10.2. The maximum atomic E-state index is 5.68. The van der Waals surface area contributed by atoms with Crippen LogP contribution in [0.4, 0.5) is 17.2 Å². The van der Waals surface area contributed by atoms with Crippen molar-refractivity contribution >= 4 is 33.1 Å². The number of benzene rings is 1. The average molecular weight is 278 g/mol. The molecule has 0 unspecified atom stereocenters. The van der Waals surface area contributed by atoms with E-state index in [0.29, 0.717) is 5.69 Å². The fourth-order valence-electron chi connectivity index (χ4n) is 1.39. The van der Waals surface area contributed by atoms with Crippen molar-refractivity contribution in [3.8, 4) is 0 Å². The van der Waals surface area contributed by atoms with Gasteiger partial charge in [-0.1, -0.05) is 15.9 Å². The summed E-state index contributed by atoms with van der Waals surface area (Å²) < 4.78 is 1.10. The monoisotopic (exact) mass is 277 g/mol. The van der Waals surface area contributed by atoms with Crippen LogP contribution < -0.4 is 11.1 Å². The van der Waals surface area contributed by atoms with Gasteiger partial charge in [-0.05, 0) is 36.8 Å². The Bertz CT molecular complexity index is 511. The lowest BCUT2D eigenvalue weighted by molar-refractivity contribution is 1.30. The van der Waals surface area contributed by atoms with Crippen LogP contribution in [0, 0.1) is 6.92 Å². The van der Waals surface area contributed by atoms with Crippen LogP contribution in [0.5, 0.6) is 0 Å². The van der Waals surface area contributed by atoms with Crippen molar-refractivity contribution in [1.82, 2.24) is 4.98 Å². The maximum Gasteiger partial charge on any atom is 0.132 e. The van der Waals surface area contributed by atoms with Gasteiger partial charge >= 0.3 is 0 Å². The first kappa shape index (κ1) is 11.0. The van der Waals surface area contributed by atoms with Gasteiger partial charge in [-0.2, -0.15) is 0 Å².